The smallest absolute Gasteiger partial charge is 0.407 e. The first-order valence-corrected chi connectivity index (χ1v) is 21.0. The van der Waals surface area contributed by atoms with E-state index in [0.29, 0.717) is 18.4 Å². The summed E-state index contributed by atoms with van der Waals surface area (Å²) in [6.07, 6.45) is 18.2. The number of rotatable bonds is 19. The number of nitrogens with one attached hydrogen (secondary N) is 1. The summed E-state index contributed by atoms with van der Waals surface area (Å²) in [7, 11) is 0. The van der Waals surface area contributed by atoms with Gasteiger partial charge in [-0.3, -0.25) is 14.4 Å². The van der Waals surface area contributed by atoms with Crippen LogP contribution >= 0.6 is 0 Å². The highest BCUT2D eigenvalue weighted by atomic mass is 16.6. The summed E-state index contributed by atoms with van der Waals surface area (Å²) < 4.78 is 15.9. The van der Waals surface area contributed by atoms with Crippen molar-refractivity contribution in [1.29, 1.82) is 0 Å². The van der Waals surface area contributed by atoms with Gasteiger partial charge in [0.15, 0.2) is 0 Å². The second-order valence-corrected chi connectivity index (χ2v) is 17.5. The molecule has 0 aromatic carbocycles. The van der Waals surface area contributed by atoms with Crippen LogP contribution in [0.15, 0.2) is 11.6 Å². The molecule has 4 aliphatic carbocycles. The average Bonchev–Trinajstić information content (AvgIpc) is 3.45. The monoisotopic (exact) mass is 729 g/mol. The number of esters is 2. The number of allylic oxidation sites excluding steroid dienone is 1. The number of hydrogen-bond donors (Lipinski definition) is 1. The van der Waals surface area contributed by atoms with Crippen molar-refractivity contribution < 1.29 is 33.4 Å². The molecular formula is C43H72N2O7. The van der Waals surface area contributed by atoms with Gasteiger partial charge < -0.3 is 24.4 Å². The predicted octanol–water partition coefficient (Wildman–Crippen LogP) is 9.03. The van der Waals surface area contributed by atoms with Gasteiger partial charge in [0.2, 0.25) is 5.91 Å². The molecule has 0 saturated heterocycles. The molecule has 0 radical (unpaired) electrons. The lowest BCUT2D eigenvalue weighted by Gasteiger charge is -2.58. The van der Waals surface area contributed by atoms with Crippen molar-refractivity contribution in [3.8, 4) is 0 Å². The van der Waals surface area contributed by atoms with Crippen LogP contribution in [0.5, 0.6) is 0 Å². The molecule has 0 aromatic rings. The molecule has 9 heteroatoms. The first-order valence-electron chi connectivity index (χ1n) is 21.0. The minimum absolute atomic E-state index is 0.0300. The van der Waals surface area contributed by atoms with Crippen LogP contribution in [0.3, 0.4) is 0 Å². The standard InChI is InChI=1S/C43H72N2O7/c1-8-50-39(47)23-27-45(29-40(48)51-9-2)38(46)16-11-10-12-26-44-41(49)52-33-21-24-42(6)32(28-33)17-18-34-36-20-19-35(31(5)15-13-14-30(3)4)43(36,7)25-22-37(34)42/h17,30-31,33-37H,8-16,18-29H2,1-7H3,(H,44,49)/t31?,33-,34?,35+,36?,37?,42?,43+/m0/s1. The van der Waals surface area contributed by atoms with E-state index in [-0.39, 0.29) is 62.7 Å². The number of nitrogens with zero attached hydrogens (tertiary/aromatic N) is 1. The maximum atomic E-state index is 12.8. The topological polar surface area (TPSA) is 111 Å². The highest BCUT2D eigenvalue weighted by Crippen LogP contribution is 2.67. The quantitative estimate of drug-likeness (QED) is 0.0612. The highest BCUT2D eigenvalue weighted by Gasteiger charge is 2.59. The number of unbranched alkanes of at least 4 members (excludes halogenated alkanes) is 2. The third-order valence-corrected chi connectivity index (χ3v) is 13.7. The van der Waals surface area contributed by atoms with Gasteiger partial charge in [-0.2, -0.15) is 0 Å². The van der Waals surface area contributed by atoms with Crippen molar-refractivity contribution >= 4 is 23.9 Å². The van der Waals surface area contributed by atoms with E-state index in [0.717, 1.165) is 67.6 Å². The third kappa shape index (κ3) is 10.8. The molecule has 5 unspecified atom stereocenters. The van der Waals surface area contributed by atoms with E-state index in [1.807, 2.05) is 0 Å². The van der Waals surface area contributed by atoms with Crippen LogP contribution in [-0.2, 0) is 28.6 Å². The Balaban J connectivity index is 1.18. The first kappa shape index (κ1) is 42.2. The van der Waals surface area contributed by atoms with Gasteiger partial charge in [-0.25, -0.2) is 4.79 Å². The molecule has 3 fully saturated rings. The molecule has 8 atom stereocenters. The zero-order valence-corrected chi connectivity index (χ0v) is 33.8. The Hall–Kier alpha value is -2.58. The number of carbonyl (C=O) groups excluding carboxylic acids is 4. The van der Waals surface area contributed by atoms with Crippen molar-refractivity contribution in [2.24, 2.45) is 46.3 Å². The van der Waals surface area contributed by atoms with Gasteiger partial charge in [0.25, 0.3) is 0 Å². The Kier molecular flexibility index (Phi) is 15.9. The predicted molar refractivity (Wildman–Crippen MR) is 204 cm³/mol. The van der Waals surface area contributed by atoms with E-state index in [1.54, 1.807) is 13.8 Å². The molecule has 4 rings (SSSR count). The third-order valence-electron chi connectivity index (χ3n) is 13.7. The van der Waals surface area contributed by atoms with Crippen molar-refractivity contribution in [2.75, 3.05) is 32.8 Å². The summed E-state index contributed by atoms with van der Waals surface area (Å²) in [6.45, 7) is 16.8. The zero-order valence-electron chi connectivity index (χ0n) is 33.8. The lowest BCUT2D eigenvalue weighted by atomic mass is 9.47. The van der Waals surface area contributed by atoms with Gasteiger partial charge in [0.1, 0.15) is 12.6 Å². The van der Waals surface area contributed by atoms with Crippen LogP contribution in [0.2, 0.25) is 0 Å². The SMILES string of the molecule is CCOC(=O)CCN(CC(=O)OCC)C(=O)CCCCCNC(=O)O[C@H]1CCC2(C)C(=CCC3C2CC[C@@]2(C)C3CC[C@@H]2C(C)CCCC(C)C)C1. The number of hydrogen-bond acceptors (Lipinski definition) is 7. The first-order chi connectivity index (χ1) is 24.8. The van der Waals surface area contributed by atoms with E-state index in [9.17, 15) is 19.2 Å². The molecule has 0 spiro atoms. The maximum absolute atomic E-state index is 12.8. The van der Waals surface area contributed by atoms with Crippen molar-refractivity contribution in [2.45, 2.75) is 157 Å². The lowest BCUT2D eigenvalue weighted by molar-refractivity contribution is -0.150. The fraction of sp³-hybridized carbons (Fsp3) is 0.860. The second kappa shape index (κ2) is 19.7. The molecule has 0 heterocycles. The second-order valence-electron chi connectivity index (χ2n) is 17.5. The van der Waals surface area contributed by atoms with Crippen LogP contribution in [0.4, 0.5) is 4.79 Å². The summed E-state index contributed by atoms with van der Waals surface area (Å²) in [4.78, 5) is 50.8. The summed E-state index contributed by atoms with van der Waals surface area (Å²) >= 11 is 0. The van der Waals surface area contributed by atoms with Gasteiger partial charge in [-0.15, -0.1) is 0 Å². The normalized spacial score (nSPS) is 29.9. The Morgan fingerprint density at radius 2 is 1.62 bits per heavy atom. The summed E-state index contributed by atoms with van der Waals surface area (Å²) in [5, 5.41) is 2.92. The molecule has 0 bridgehead atoms. The molecule has 0 aliphatic heterocycles. The largest absolute Gasteiger partial charge is 0.466 e. The molecule has 1 N–H and O–H groups in total. The Morgan fingerprint density at radius 1 is 0.865 bits per heavy atom. The number of fused-ring (bicyclic) bond motifs is 5. The van der Waals surface area contributed by atoms with Gasteiger partial charge in [-0.05, 0) is 118 Å². The Morgan fingerprint density at radius 3 is 2.35 bits per heavy atom. The Labute approximate surface area is 315 Å². The highest BCUT2D eigenvalue weighted by molar-refractivity contribution is 5.82. The van der Waals surface area contributed by atoms with Gasteiger partial charge >= 0.3 is 18.0 Å². The van der Waals surface area contributed by atoms with Crippen LogP contribution in [0.1, 0.15) is 151 Å². The molecule has 9 nitrogen and oxygen atoms in total. The molecule has 52 heavy (non-hydrogen) atoms. The summed E-state index contributed by atoms with van der Waals surface area (Å²) in [5.74, 6) is 3.79. The van der Waals surface area contributed by atoms with Crippen molar-refractivity contribution in [3.63, 3.8) is 0 Å². The Bertz CT molecular complexity index is 1230. The molecule has 0 aromatic heterocycles. The van der Waals surface area contributed by atoms with E-state index < -0.39 is 11.9 Å². The zero-order chi connectivity index (χ0) is 37.9. The molecule has 2 amide bonds. The number of alkyl carbamates (subject to hydrolysis) is 1. The lowest BCUT2D eigenvalue weighted by Crippen LogP contribution is -2.51. The molecule has 296 valence electrons. The van der Waals surface area contributed by atoms with Crippen LogP contribution in [0.25, 0.3) is 0 Å². The van der Waals surface area contributed by atoms with E-state index in [4.69, 9.17) is 14.2 Å². The molecular weight excluding hydrogens is 656 g/mol. The maximum Gasteiger partial charge on any atom is 0.407 e. The van der Waals surface area contributed by atoms with Gasteiger partial charge in [0, 0.05) is 25.9 Å². The van der Waals surface area contributed by atoms with E-state index in [2.05, 4.69) is 46.0 Å². The molecule has 4 aliphatic rings. The van der Waals surface area contributed by atoms with Crippen molar-refractivity contribution in [1.82, 2.24) is 10.2 Å². The summed E-state index contributed by atoms with van der Waals surface area (Å²) in [5.41, 5.74) is 2.25. The number of amides is 2. The molecule has 3 saturated carbocycles. The minimum atomic E-state index is -0.495. The van der Waals surface area contributed by atoms with Gasteiger partial charge in [-0.1, -0.05) is 72.0 Å². The van der Waals surface area contributed by atoms with Crippen LogP contribution in [0, 0.1) is 46.3 Å². The van der Waals surface area contributed by atoms with Crippen LogP contribution in [-0.4, -0.2) is 67.8 Å². The fourth-order valence-electron chi connectivity index (χ4n) is 11.0. The average molecular weight is 729 g/mol. The van der Waals surface area contributed by atoms with E-state index in [1.165, 1.54) is 61.8 Å². The number of ether oxygens (including phenoxy) is 3. The fourth-order valence-corrected chi connectivity index (χ4v) is 11.0. The van der Waals surface area contributed by atoms with Crippen LogP contribution < -0.4 is 5.32 Å². The number of carbonyl (C=O) groups is 4. The van der Waals surface area contributed by atoms with E-state index >= 15 is 0 Å². The summed E-state index contributed by atoms with van der Waals surface area (Å²) in [6, 6.07) is 0. The minimum Gasteiger partial charge on any atom is -0.466 e. The van der Waals surface area contributed by atoms with Crippen molar-refractivity contribution in [3.05, 3.63) is 11.6 Å². The van der Waals surface area contributed by atoms with Gasteiger partial charge in [0.05, 0.1) is 19.6 Å².